The normalized spacial score (nSPS) is 22.9. The number of nitrogens with one attached hydrogen (secondary N) is 2. The van der Waals surface area contributed by atoms with Crippen molar-refractivity contribution in [1.29, 1.82) is 0 Å². The standard InChI is InChI=1S/C20H32N6O3/c1-13(27)26-9-7-16(8-10-26)23-19-17(18(21)28)11-22-20(25-19)24-15-5-3-14(4-6-15)12-29-2/h11,14-16H,3-10,12H2,1-2H3,(H2,21,28)(H2,22,23,24,25). The van der Waals surface area contributed by atoms with E-state index < -0.39 is 5.91 Å². The second-order valence-corrected chi connectivity index (χ2v) is 8.06. The van der Waals surface area contributed by atoms with E-state index in [4.69, 9.17) is 10.5 Å². The highest BCUT2D eigenvalue weighted by Gasteiger charge is 2.24. The Bertz CT molecular complexity index is 712. The van der Waals surface area contributed by atoms with Crippen LogP contribution in [0.1, 0.15) is 55.8 Å². The maximum Gasteiger partial charge on any atom is 0.254 e. The number of nitrogens with zero attached hydrogens (tertiary/aromatic N) is 3. The number of aromatic nitrogens is 2. The lowest BCUT2D eigenvalue weighted by molar-refractivity contribution is -0.129. The number of hydrogen-bond acceptors (Lipinski definition) is 7. The second-order valence-electron chi connectivity index (χ2n) is 8.06. The molecule has 1 aromatic rings. The highest BCUT2D eigenvalue weighted by molar-refractivity contribution is 5.97. The van der Waals surface area contributed by atoms with Crippen LogP contribution >= 0.6 is 0 Å². The summed E-state index contributed by atoms with van der Waals surface area (Å²) in [4.78, 5) is 34.0. The summed E-state index contributed by atoms with van der Waals surface area (Å²) >= 11 is 0. The van der Waals surface area contributed by atoms with Crippen molar-refractivity contribution < 1.29 is 14.3 Å². The molecule has 1 aliphatic carbocycles. The Morgan fingerprint density at radius 2 is 1.79 bits per heavy atom. The quantitative estimate of drug-likeness (QED) is 0.631. The maximum absolute atomic E-state index is 11.8. The number of primary amides is 1. The summed E-state index contributed by atoms with van der Waals surface area (Å²) in [5.41, 5.74) is 5.80. The summed E-state index contributed by atoms with van der Waals surface area (Å²) in [6, 6.07) is 0.449. The average Bonchev–Trinajstić information content (AvgIpc) is 2.70. The Balaban J connectivity index is 1.62. The summed E-state index contributed by atoms with van der Waals surface area (Å²) in [6.07, 6.45) is 7.40. The number of nitrogens with two attached hydrogens (primary N) is 1. The van der Waals surface area contributed by atoms with Crippen LogP contribution in [-0.4, -0.2) is 65.6 Å². The van der Waals surface area contributed by atoms with Gasteiger partial charge in [0.2, 0.25) is 11.9 Å². The minimum Gasteiger partial charge on any atom is -0.384 e. The molecule has 0 radical (unpaired) electrons. The molecule has 0 atom stereocenters. The minimum absolute atomic E-state index is 0.0926. The van der Waals surface area contributed by atoms with Gasteiger partial charge < -0.3 is 26.0 Å². The highest BCUT2D eigenvalue weighted by atomic mass is 16.5. The Labute approximate surface area is 171 Å². The van der Waals surface area contributed by atoms with Gasteiger partial charge >= 0.3 is 0 Å². The number of anilines is 2. The minimum atomic E-state index is -0.555. The first kappa shape index (κ1) is 21.3. The predicted molar refractivity (Wildman–Crippen MR) is 111 cm³/mol. The van der Waals surface area contributed by atoms with Gasteiger partial charge in [0.1, 0.15) is 5.82 Å². The number of methoxy groups -OCH3 is 1. The van der Waals surface area contributed by atoms with Gasteiger partial charge in [0, 0.05) is 52.0 Å². The van der Waals surface area contributed by atoms with Crippen LogP contribution in [0.4, 0.5) is 11.8 Å². The number of likely N-dealkylation sites (tertiary alicyclic amines) is 1. The molecule has 160 valence electrons. The maximum atomic E-state index is 11.8. The number of rotatable bonds is 7. The lowest BCUT2D eigenvalue weighted by Gasteiger charge is -2.32. The van der Waals surface area contributed by atoms with E-state index in [1.807, 2.05) is 4.90 Å². The van der Waals surface area contributed by atoms with Crippen molar-refractivity contribution in [2.75, 3.05) is 37.4 Å². The van der Waals surface area contributed by atoms with Crippen LogP contribution < -0.4 is 16.4 Å². The zero-order chi connectivity index (χ0) is 20.8. The van der Waals surface area contributed by atoms with Crippen LogP contribution in [-0.2, 0) is 9.53 Å². The molecule has 0 aromatic carbocycles. The van der Waals surface area contributed by atoms with Crippen molar-refractivity contribution in [2.45, 2.75) is 57.5 Å². The van der Waals surface area contributed by atoms with Crippen LogP contribution in [0, 0.1) is 5.92 Å². The van der Waals surface area contributed by atoms with E-state index in [9.17, 15) is 9.59 Å². The van der Waals surface area contributed by atoms with E-state index in [1.165, 1.54) is 6.20 Å². The van der Waals surface area contributed by atoms with Crippen molar-refractivity contribution >= 4 is 23.6 Å². The lowest BCUT2D eigenvalue weighted by Crippen LogP contribution is -2.41. The fourth-order valence-corrected chi connectivity index (χ4v) is 4.17. The Morgan fingerprint density at radius 1 is 1.14 bits per heavy atom. The molecule has 0 spiro atoms. The fraction of sp³-hybridized carbons (Fsp3) is 0.700. The molecule has 1 saturated heterocycles. The molecule has 2 aliphatic rings. The van der Waals surface area contributed by atoms with Gasteiger partial charge in [0.15, 0.2) is 0 Å². The molecule has 0 unspecified atom stereocenters. The van der Waals surface area contributed by atoms with Crippen LogP contribution in [0.3, 0.4) is 0 Å². The molecule has 2 amide bonds. The molecule has 1 saturated carbocycles. The fourth-order valence-electron chi connectivity index (χ4n) is 4.17. The third-order valence-corrected chi connectivity index (χ3v) is 5.92. The predicted octanol–water partition coefficient (Wildman–Crippen LogP) is 1.62. The third-order valence-electron chi connectivity index (χ3n) is 5.92. The molecular formula is C20H32N6O3. The van der Waals surface area contributed by atoms with Gasteiger partial charge in [-0.1, -0.05) is 0 Å². The largest absolute Gasteiger partial charge is 0.384 e. The molecule has 2 heterocycles. The lowest BCUT2D eigenvalue weighted by atomic mass is 9.86. The van der Waals surface area contributed by atoms with E-state index in [-0.39, 0.29) is 17.5 Å². The van der Waals surface area contributed by atoms with Gasteiger partial charge in [0.25, 0.3) is 5.91 Å². The van der Waals surface area contributed by atoms with Crippen molar-refractivity contribution in [2.24, 2.45) is 11.7 Å². The van der Waals surface area contributed by atoms with Gasteiger partial charge in [-0.3, -0.25) is 9.59 Å². The van der Waals surface area contributed by atoms with Crippen LogP contribution in [0.2, 0.25) is 0 Å². The summed E-state index contributed by atoms with van der Waals surface area (Å²) < 4.78 is 5.26. The molecular weight excluding hydrogens is 372 g/mol. The molecule has 0 bridgehead atoms. The van der Waals surface area contributed by atoms with E-state index in [2.05, 4.69) is 20.6 Å². The van der Waals surface area contributed by atoms with Gasteiger partial charge in [-0.25, -0.2) is 4.98 Å². The molecule has 3 rings (SSSR count). The van der Waals surface area contributed by atoms with Gasteiger partial charge in [0.05, 0.1) is 5.56 Å². The summed E-state index contributed by atoms with van der Waals surface area (Å²) in [7, 11) is 1.75. The van der Waals surface area contributed by atoms with E-state index in [0.717, 1.165) is 45.1 Å². The Kier molecular flexibility index (Phi) is 7.24. The van der Waals surface area contributed by atoms with Gasteiger partial charge in [-0.15, -0.1) is 0 Å². The molecule has 4 N–H and O–H groups in total. The monoisotopic (exact) mass is 404 g/mol. The molecule has 2 fully saturated rings. The number of carbonyl (C=O) groups excluding carboxylic acids is 2. The Hall–Kier alpha value is -2.42. The van der Waals surface area contributed by atoms with E-state index in [1.54, 1.807) is 14.0 Å². The summed E-state index contributed by atoms with van der Waals surface area (Å²) in [6.45, 7) is 3.79. The zero-order valence-electron chi connectivity index (χ0n) is 17.3. The van der Waals surface area contributed by atoms with E-state index in [0.29, 0.717) is 36.8 Å². The highest BCUT2D eigenvalue weighted by Crippen LogP contribution is 2.27. The summed E-state index contributed by atoms with van der Waals surface area (Å²) in [5, 5.41) is 6.75. The molecule has 1 aliphatic heterocycles. The van der Waals surface area contributed by atoms with Crippen LogP contribution in [0.25, 0.3) is 0 Å². The van der Waals surface area contributed by atoms with Crippen LogP contribution in [0.5, 0.6) is 0 Å². The van der Waals surface area contributed by atoms with Crippen molar-refractivity contribution in [1.82, 2.24) is 14.9 Å². The topological polar surface area (TPSA) is 122 Å². The van der Waals surface area contributed by atoms with Gasteiger partial charge in [-0.05, 0) is 44.4 Å². The molecule has 1 aromatic heterocycles. The first-order valence-corrected chi connectivity index (χ1v) is 10.4. The Morgan fingerprint density at radius 3 is 2.38 bits per heavy atom. The number of piperidine rings is 1. The third kappa shape index (κ3) is 5.79. The molecule has 9 heteroatoms. The number of amides is 2. The van der Waals surface area contributed by atoms with Gasteiger partial charge in [-0.2, -0.15) is 4.98 Å². The molecule has 9 nitrogen and oxygen atoms in total. The second kappa shape index (κ2) is 9.87. The number of ether oxygens (including phenoxy) is 1. The van der Waals surface area contributed by atoms with Crippen molar-refractivity contribution in [3.8, 4) is 0 Å². The van der Waals surface area contributed by atoms with Crippen molar-refractivity contribution in [3.63, 3.8) is 0 Å². The summed E-state index contributed by atoms with van der Waals surface area (Å²) in [5.74, 6) is 1.13. The smallest absolute Gasteiger partial charge is 0.254 e. The first-order valence-electron chi connectivity index (χ1n) is 10.4. The number of hydrogen-bond donors (Lipinski definition) is 3. The zero-order valence-corrected chi connectivity index (χ0v) is 17.3. The van der Waals surface area contributed by atoms with Crippen LogP contribution in [0.15, 0.2) is 6.20 Å². The number of carbonyl (C=O) groups is 2. The van der Waals surface area contributed by atoms with E-state index >= 15 is 0 Å². The SMILES string of the molecule is COCC1CCC(Nc2ncc(C(N)=O)c(NC3CCN(C(C)=O)CC3)n2)CC1. The first-order chi connectivity index (χ1) is 14.0. The average molecular weight is 405 g/mol. The van der Waals surface area contributed by atoms with Crippen molar-refractivity contribution in [3.05, 3.63) is 11.8 Å². The molecule has 29 heavy (non-hydrogen) atoms.